The normalized spacial score (nSPS) is 12.0. The monoisotopic (exact) mass is 388 g/mol. The van der Waals surface area contributed by atoms with Crippen molar-refractivity contribution >= 4 is 31.7 Å². The van der Waals surface area contributed by atoms with Gasteiger partial charge in [-0.1, -0.05) is 54.6 Å². The molecule has 0 saturated carbocycles. The molecule has 0 radical (unpaired) electrons. The minimum absolute atomic E-state index is 0.0633. The molecule has 2 N–H and O–H groups in total. The Bertz CT molecular complexity index is 1430. The van der Waals surface area contributed by atoms with E-state index in [0.717, 1.165) is 21.9 Å². The fraction of sp³-hybridized carbons (Fsp3) is 0. The third-order valence-corrected chi connectivity index (χ3v) is 6.65. The van der Waals surface area contributed by atoms with Crippen LogP contribution in [-0.4, -0.2) is 22.5 Å². The Morgan fingerprint density at radius 2 is 1.57 bits per heavy atom. The summed E-state index contributed by atoms with van der Waals surface area (Å²) in [4.78, 5) is 3.06. The number of hydrogen-bond donors (Lipinski definition) is 2. The van der Waals surface area contributed by atoms with E-state index in [-0.39, 0.29) is 10.8 Å². The van der Waals surface area contributed by atoms with E-state index in [1.807, 2.05) is 36.4 Å². The van der Waals surface area contributed by atoms with Gasteiger partial charge in [0.05, 0.1) is 15.8 Å². The molecule has 138 valence electrons. The van der Waals surface area contributed by atoms with Crippen LogP contribution in [0.3, 0.4) is 0 Å². The van der Waals surface area contributed by atoms with Crippen molar-refractivity contribution in [3.63, 3.8) is 0 Å². The molecule has 3 aromatic carbocycles. The molecule has 0 aliphatic carbocycles. The standard InChI is InChI=1S/C22H16N2O3S/c25-22-21-15(13-23-22)7-6-11-18(21)19-14-24(20-12-5-4-10-17(19)20)28(26,27)16-8-2-1-3-9-16/h1-14,23,25H. The summed E-state index contributed by atoms with van der Waals surface area (Å²) < 4.78 is 27.9. The molecule has 28 heavy (non-hydrogen) atoms. The van der Waals surface area contributed by atoms with Gasteiger partial charge < -0.3 is 10.1 Å². The quantitative estimate of drug-likeness (QED) is 0.469. The molecule has 5 aromatic rings. The third kappa shape index (κ3) is 2.35. The summed E-state index contributed by atoms with van der Waals surface area (Å²) in [6.07, 6.45) is 3.36. The molecule has 2 aromatic heterocycles. The van der Waals surface area contributed by atoms with Gasteiger partial charge in [0.1, 0.15) is 0 Å². The zero-order chi connectivity index (χ0) is 19.3. The lowest BCUT2D eigenvalue weighted by Crippen LogP contribution is -2.11. The average Bonchev–Trinajstić information content (AvgIpc) is 3.30. The minimum Gasteiger partial charge on any atom is -0.494 e. The highest BCUT2D eigenvalue weighted by molar-refractivity contribution is 7.90. The van der Waals surface area contributed by atoms with Crippen molar-refractivity contribution < 1.29 is 13.5 Å². The van der Waals surface area contributed by atoms with Gasteiger partial charge >= 0.3 is 0 Å². The van der Waals surface area contributed by atoms with E-state index in [1.54, 1.807) is 48.8 Å². The number of rotatable bonds is 3. The maximum atomic E-state index is 13.3. The number of aromatic amines is 1. The molecule has 0 bridgehead atoms. The van der Waals surface area contributed by atoms with Crippen molar-refractivity contribution in [3.05, 3.63) is 85.2 Å². The third-order valence-electron chi connectivity index (χ3n) is 4.97. The summed E-state index contributed by atoms with van der Waals surface area (Å²) in [6.45, 7) is 0. The molecule has 0 spiro atoms. The van der Waals surface area contributed by atoms with Gasteiger partial charge in [0.2, 0.25) is 0 Å². The highest BCUT2D eigenvalue weighted by Crippen LogP contribution is 2.39. The lowest BCUT2D eigenvalue weighted by atomic mass is 10.0. The molecule has 6 heteroatoms. The van der Waals surface area contributed by atoms with Crippen LogP contribution in [0.15, 0.2) is 90.1 Å². The largest absolute Gasteiger partial charge is 0.494 e. The summed E-state index contributed by atoms with van der Waals surface area (Å²) in [5.41, 5.74) is 2.11. The lowest BCUT2D eigenvalue weighted by molar-refractivity contribution is 0.463. The van der Waals surface area contributed by atoms with Crippen molar-refractivity contribution in [1.29, 1.82) is 0 Å². The van der Waals surface area contributed by atoms with Crippen molar-refractivity contribution in [2.75, 3.05) is 0 Å². The molecule has 0 aliphatic rings. The first-order valence-corrected chi connectivity index (χ1v) is 10.2. The van der Waals surface area contributed by atoms with Crippen LogP contribution < -0.4 is 0 Å². The Morgan fingerprint density at radius 3 is 2.39 bits per heavy atom. The van der Waals surface area contributed by atoms with Crippen molar-refractivity contribution in [2.24, 2.45) is 0 Å². The van der Waals surface area contributed by atoms with Crippen LogP contribution in [0.25, 0.3) is 32.8 Å². The molecule has 5 nitrogen and oxygen atoms in total. The Balaban J connectivity index is 1.85. The summed E-state index contributed by atoms with van der Waals surface area (Å²) >= 11 is 0. The number of nitrogens with one attached hydrogen (secondary N) is 1. The number of aromatic nitrogens is 2. The molecule has 5 rings (SSSR count). The van der Waals surface area contributed by atoms with Crippen molar-refractivity contribution in [2.45, 2.75) is 4.90 Å². The second kappa shape index (κ2) is 6.00. The van der Waals surface area contributed by atoms with Gasteiger partial charge in [-0.25, -0.2) is 12.4 Å². The number of H-pyrrole nitrogens is 1. The Kier molecular flexibility index (Phi) is 3.57. The molecule has 0 aliphatic heterocycles. The predicted molar refractivity (Wildman–Crippen MR) is 110 cm³/mol. The first kappa shape index (κ1) is 16.6. The fourth-order valence-corrected chi connectivity index (χ4v) is 5.06. The number of para-hydroxylation sites is 1. The highest BCUT2D eigenvalue weighted by Gasteiger charge is 2.22. The van der Waals surface area contributed by atoms with Crippen LogP contribution in [0.4, 0.5) is 0 Å². The number of nitrogens with zero attached hydrogens (tertiary/aromatic N) is 1. The van der Waals surface area contributed by atoms with Crippen LogP contribution in [0, 0.1) is 0 Å². The number of fused-ring (bicyclic) bond motifs is 2. The summed E-state index contributed by atoms with van der Waals surface area (Å²) in [6, 6.07) is 21.4. The lowest BCUT2D eigenvalue weighted by Gasteiger charge is -2.07. The Hall–Kier alpha value is -3.51. The van der Waals surface area contributed by atoms with Crippen molar-refractivity contribution in [3.8, 4) is 17.0 Å². The SMILES string of the molecule is O=S(=O)(c1ccccc1)n1cc(-c2cccc3c[nH]c(O)c23)c2ccccc21. The van der Waals surface area contributed by atoms with Crippen LogP contribution in [0.1, 0.15) is 0 Å². The van der Waals surface area contributed by atoms with E-state index in [4.69, 9.17) is 0 Å². The zero-order valence-electron chi connectivity index (χ0n) is 14.7. The van der Waals surface area contributed by atoms with Crippen molar-refractivity contribution in [1.82, 2.24) is 8.96 Å². The highest BCUT2D eigenvalue weighted by atomic mass is 32.2. The molecule has 2 heterocycles. The van der Waals surface area contributed by atoms with E-state index in [0.29, 0.717) is 10.9 Å². The molecular formula is C22H16N2O3S. The van der Waals surface area contributed by atoms with Crippen LogP contribution in [-0.2, 0) is 10.0 Å². The zero-order valence-corrected chi connectivity index (χ0v) is 15.5. The van der Waals surface area contributed by atoms with E-state index >= 15 is 0 Å². The van der Waals surface area contributed by atoms with Gasteiger partial charge in [-0.15, -0.1) is 0 Å². The second-order valence-corrected chi connectivity index (χ2v) is 8.40. The Labute approximate surface area is 161 Å². The molecule has 0 amide bonds. The van der Waals surface area contributed by atoms with E-state index in [9.17, 15) is 13.5 Å². The van der Waals surface area contributed by atoms with Gasteiger partial charge in [-0.3, -0.25) is 0 Å². The second-order valence-electron chi connectivity index (χ2n) is 6.58. The average molecular weight is 388 g/mol. The van der Waals surface area contributed by atoms with Crippen LogP contribution in [0.2, 0.25) is 0 Å². The number of aromatic hydroxyl groups is 1. The number of hydrogen-bond acceptors (Lipinski definition) is 3. The van der Waals surface area contributed by atoms with Crippen LogP contribution >= 0.6 is 0 Å². The van der Waals surface area contributed by atoms with E-state index < -0.39 is 10.0 Å². The molecule has 0 atom stereocenters. The number of benzene rings is 3. The predicted octanol–water partition coefficient (Wildman–Crippen LogP) is 4.73. The van der Waals surface area contributed by atoms with E-state index in [2.05, 4.69) is 4.98 Å². The van der Waals surface area contributed by atoms with Gasteiger partial charge in [-0.05, 0) is 23.8 Å². The maximum Gasteiger partial charge on any atom is 0.268 e. The molecule has 0 unspecified atom stereocenters. The smallest absolute Gasteiger partial charge is 0.268 e. The Morgan fingerprint density at radius 1 is 0.821 bits per heavy atom. The molecule has 0 saturated heterocycles. The van der Waals surface area contributed by atoms with Gasteiger partial charge in [-0.2, -0.15) is 0 Å². The fourth-order valence-electron chi connectivity index (χ4n) is 3.67. The maximum absolute atomic E-state index is 13.3. The minimum atomic E-state index is -3.76. The van der Waals surface area contributed by atoms with Crippen LogP contribution in [0.5, 0.6) is 5.88 Å². The summed E-state index contributed by atoms with van der Waals surface area (Å²) in [5, 5.41) is 12.6. The topological polar surface area (TPSA) is 75.1 Å². The van der Waals surface area contributed by atoms with Gasteiger partial charge in [0.15, 0.2) is 5.88 Å². The summed E-state index contributed by atoms with van der Waals surface area (Å²) in [7, 11) is -3.76. The van der Waals surface area contributed by atoms with Gasteiger partial charge in [0, 0.05) is 28.7 Å². The molecular weight excluding hydrogens is 372 g/mol. The van der Waals surface area contributed by atoms with Gasteiger partial charge in [0.25, 0.3) is 10.0 Å². The first-order valence-electron chi connectivity index (χ1n) is 8.77. The van der Waals surface area contributed by atoms with E-state index in [1.165, 1.54) is 3.97 Å². The summed E-state index contributed by atoms with van der Waals surface area (Å²) in [5.74, 6) is 0.0633. The first-order chi connectivity index (χ1) is 13.6. The molecule has 0 fully saturated rings.